The van der Waals surface area contributed by atoms with Gasteiger partial charge >= 0.3 is 6.03 Å². The van der Waals surface area contributed by atoms with Gasteiger partial charge in [-0.3, -0.25) is 0 Å². The fourth-order valence-electron chi connectivity index (χ4n) is 3.40. The van der Waals surface area contributed by atoms with Gasteiger partial charge in [0.2, 0.25) is 0 Å². The lowest BCUT2D eigenvalue weighted by Gasteiger charge is -2.36. The van der Waals surface area contributed by atoms with Crippen LogP contribution in [0.15, 0.2) is 42.5 Å². The van der Waals surface area contributed by atoms with E-state index in [-0.39, 0.29) is 6.03 Å². The first-order chi connectivity index (χ1) is 11.1. The van der Waals surface area contributed by atoms with Gasteiger partial charge in [-0.05, 0) is 60.1 Å². The van der Waals surface area contributed by atoms with E-state index in [1.54, 1.807) is 0 Å². The molecule has 4 rings (SSSR count). The van der Waals surface area contributed by atoms with Gasteiger partial charge in [-0.15, -0.1) is 0 Å². The molecule has 3 N–H and O–H groups in total. The van der Waals surface area contributed by atoms with Crippen LogP contribution in [-0.4, -0.2) is 23.3 Å². The number of benzene rings is 2. The third kappa shape index (κ3) is 2.70. The van der Waals surface area contributed by atoms with E-state index < -0.39 is 5.60 Å². The summed E-state index contributed by atoms with van der Waals surface area (Å²) < 4.78 is 0. The highest BCUT2D eigenvalue weighted by Gasteiger charge is 2.34. The predicted octanol–water partition coefficient (Wildman–Crippen LogP) is 3.29. The fourth-order valence-corrected chi connectivity index (χ4v) is 3.40. The summed E-state index contributed by atoms with van der Waals surface area (Å²) in [5.41, 5.74) is 5.19. The van der Waals surface area contributed by atoms with Crippen LogP contribution in [0, 0.1) is 0 Å². The van der Waals surface area contributed by atoms with Gasteiger partial charge in [0, 0.05) is 12.2 Å². The molecular formula is C19H20N2O2. The molecule has 0 radical (unpaired) electrons. The Labute approximate surface area is 135 Å². The van der Waals surface area contributed by atoms with E-state index in [0.717, 1.165) is 31.4 Å². The van der Waals surface area contributed by atoms with Gasteiger partial charge in [0.25, 0.3) is 0 Å². The topological polar surface area (TPSA) is 61.4 Å². The average Bonchev–Trinajstić information content (AvgIpc) is 2.88. The summed E-state index contributed by atoms with van der Waals surface area (Å²) in [5, 5.41) is 15.6. The third-order valence-electron chi connectivity index (χ3n) is 4.91. The van der Waals surface area contributed by atoms with Gasteiger partial charge < -0.3 is 15.7 Å². The Kier molecular flexibility index (Phi) is 3.34. The van der Waals surface area contributed by atoms with Crippen LogP contribution in [0.2, 0.25) is 0 Å². The van der Waals surface area contributed by atoms with Crippen LogP contribution in [0.4, 0.5) is 10.5 Å². The minimum absolute atomic E-state index is 0.263. The molecule has 0 bridgehead atoms. The zero-order chi connectivity index (χ0) is 15.9. The number of hydrogen-bond acceptors (Lipinski definition) is 2. The van der Waals surface area contributed by atoms with Crippen molar-refractivity contribution in [3.63, 3.8) is 0 Å². The molecule has 2 amide bonds. The number of urea groups is 1. The quantitative estimate of drug-likeness (QED) is 0.695. The van der Waals surface area contributed by atoms with Crippen molar-refractivity contribution < 1.29 is 9.90 Å². The molecule has 0 heterocycles. The maximum Gasteiger partial charge on any atom is 0.319 e. The second-order valence-corrected chi connectivity index (χ2v) is 6.59. The Balaban J connectivity index is 1.43. The van der Waals surface area contributed by atoms with Crippen LogP contribution in [0.1, 0.15) is 30.4 Å². The summed E-state index contributed by atoms with van der Waals surface area (Å²) in [6.07, 6.45) is 3.47. The monoisotopic (exact) mass is 308 g/mol. The summed E-state index contributed by atoms with van der Waals surface area (Å²) in [5.74, 6) is 0. The highest BCUT2D eigenvalue weighted by Crippen LogP contribution is 2.37. The normalized spacial score (nSPS) is 16.9. The largest absolute Gasteiger partial charge is 0.388 e. The Morgan fingerprint density at radius 2 is 1.87 bits per heavy atom. The van der Waals surface area contributed by atoms with Crippen molar-refractivity contribution in [1.82, 2.24) is 5.32 Å². The minimum Gasteiger partial charge on any atom is -0.388 e. The standard InChI is InChI=1S/C19H20N2O2/c22-18(20-12-19(23)8-3-9-19)21-15-6-7-17-14(11-15)10-13-4-1-2-5-16(13)17/h1-2,4-7,11,23H,3,8-10,12H2,(H2,20,21,22). The Bertz CT molecular complexity index is 766. The van der Waals surface area contributed by atoms with Gasteiger partial charge in [-0.1, -0.05) is 30.3 Å². The van der Waals surface area contributed by atoms with Crippen LogP contribution in [0.3, 0.4) is 0 Å². The van der Waals surface area contributed by atoms with E-state index in [1.807, 2.05) is 12.1 Å². The molecule has 2 aromatic rings. The van der Waals surface area contributed by atoms with E-state index in [2.05, 4.69) is 41.0 Å². The van der Waals surface area contributed by atoms with Crippen molar-refractivity contribution in [2.24, 2.45) is 0 Å². The van der Waals surface area contributed by atoms with Crippen molar-refractivity contribution in [3.05, 3.63) is 53.6 Å². The molecule has 0 aliphatic heterocycles. The summed E-state index contributed by atoms with van der Waals surface area (Å²) in [6, 6.07) is 14.2. The molecule has 0 saturated heterocycles. The highest BCUT2D eigenvalue weighted by atomic mass is 16.3. The Hall–Kier alpha value is -2.33. The van der Waals surface area contributed by atoms with E-state index >= 15 is 0 Å². The molecule has 1 fully saturated rings. The predicted molar refractivity (Wildman–Crippen MR) is 90.5 cm³/mol. The van der Waals surface area contributed by atoms with Crippen LogP contribution in [0.5, 0.6) is 0 Å². The van der Waals surface area contributed by atoms with Crippen LogP contribution in [0.25, 0.3) is 11.1 Å². The van der Waals surface area contributed by atoms with Crippen molar-refractivity contribution in [1.29, 1.82) is 0 Å². The lowest BCUT2D eigenvalue weighted by Crippen LogP contribution is -2.48. The number of rotatable bonds is 3. The second kappa shape index (κ2) is 5.39. The number of amides is 2. The van der Waals surface area contributed by atoms with Crippen LogP contribution in [-0.2, 0) is 6.42 Å². The van der Waals surface area contributed by atoms with E-state index in [0.29, 0.717) is 6.54 Å². The zero-order valence-corrected chi connectivity index (χ0v) is 12.9. The van der Waals surface area contributed by atoms with Crippen LogP contribution >= 0.6 is 0 Å². The number of carbonyl (C=O) groups excluding carboxylic acids is 1. The molecule has 4 nitrogen and oxygen atoms in total. The third-order valence-corrected chi connectivity index (χ3v) is 4.91. The minimum atomic E-state index is -0.698. The number of hydrogen-bond donors (Lipinski definition) is 3. The molecule has 2 aliphatic carbocycles. The molecule has 2 aromatic carbocycles. The molecule has 0 unspecified atom stereocenters. The first-order valence-electron chi connectivity index (χ1n) is 8.11. The van der Waals surface area contributed by atoms with E-state index in [1.165, 1.54) is 22.3 Å². The molecule has 23 heavy (non-hydrogen) atoms. The van der Waals surface area contributed by atoms with E-state index in [9.17, 15) is 9.90 Å². The number of nitrogens with one attached hydrogen (secondary N) is 2. The summed E-state index contributed by atoms with van der Waals surface area (Å²) in [6.45, 7) is 0.315. The molecule has 0 spiro atoms. The Morgan fingerprint density at radius 1 is 1.09 bits per heavy atom. The summed E-state index contributed by atoms with van der Waals surface area (Å²) in [7, 11) is 0. The van der Waals surface area contributed by atoms with Crippen LogP contribution < -0.4 is 10.6 Å². The number of fused-ring (bicyclic) bond motifs is 3. The first kappa shape index (κ1) is 14.3. The number of aliphatic hydroxyl groups is 1. The van der Waals surface area contributed by atoms with Gasteiger partial charge in [0.1, 0.15) is 0 Å². The first-order valence-corrected chi connectivity index (χ1v) is 8.11. The molecule has 2 aliphatic rings. The zero-order valence-electron chi connectivity index (χ0n) is 12.9. The van der Waals surface area contributed by atoms with Crippen molar-refractivity contribution >= 4 is 11.7 Å². The molecule has 118 valence electrons. The maximum absolute atomic E-state index is 12.0. The van der Waals surface area contributed by atoms with Crippen molar-refractivity contribution in [2.45, 2.75) is 31.3 Å². The number of anilines is 1. The SMILES string of the molecule is O=C(NCC1(O)CCC1)Nc1ccc2c(c1)Cc1ccccc1-2. The fraction of sp³-hybridized carbons (Fsp3) is 0.316. The maximum atomic E-state index is 12.0. The molecular weight excluding hydrogens is 288 g/mol. The molecule has 4 heteroatoms. The smallest absolute Gasteiger partial charge is 0.319 e. The van der Waals surface area contributed by atoms with Crippen molar-refractivity contribution in [3.8, 4) is 11.1 Å². The van der Waals surface area contributed by atoms with Gasteiger partial charge in [-0.2, -0.15) is 0 Å². The lowest BCUT2D eigenvalue weighted by molar-refractivity contribution is -0.0287. The van der Waals surface area contributed by atoms with Gasteiger partial charge in [0.05, 0.1) is 5.60 Å². The molecule has 0 atom stereocenters. The lowest BCUT2D eigenvalue weighted by atomic mass is 9.80. The van der Waals surface area contributed by atoms with E-state index in [4.69, 9.17) is 0 Å². The highest BCUT2D eigenvalue weighted by molar-refractivity contribution is 5.90. The summed E-state index contributed by atoms with van der Waals surface area (Å²) >= 11 is 0. The average molecular weight is 308 g/mol. The number of carbonyl (C=O) groups is 1. The van der Waals surface area contributed by atoms with Gasteiger partial charge in [0.15, 0.2) is 0 Å². The summed E-state index contributed by atoms with van der Waals surface area (Å²) in [4.78, 5) is 12.0. The molecule has 1 saturated carbocycles. The van der Waals surface area contributed by atoms with Crippen molar-refractivity contribution in [2.75, 3.05) is 11.9 Å². The van der Waals surface area contributed by atoms with Gasteiger partial charge in [-0.25, -0.2) is 4.79 Å². The Morgan fingerprint density at radius 3 is 2.65 bits per heavy atom. The molecule has 0 aromatic heterocycles. The second-order valence-electron chi connectivity index (χ2n) is 6.59.